The van der Waals surface area contributed by atoms with Crippen molar-refractivity contribution in [2.24, 2.45) is 22.7 Å². The van der Waals surface area contributed by atoms with Crippen LogP contribution >= 0.6 is 11.6 Å². The van der Waals surface area contributed by atoms with Crippen molar-refractivity contribution in [1.29, 1.82) is 0 Å². The van der Waals surface area contributed by atoms with Crippen LogP contribution in [0, 0.1) is 22.7 Å². The Balaban J connectivity index is 1.68. The molecule has 7 heteroatoms. The second-order valence-electron chi connectivity index (χ2n) is 12.8. The Morgan fingerprint density at radius 3 is 2.43 bits per heavy atom. The number of nitrogens with zero attached hydrogens (tertiary/aromatic N) is 1. The third-order valence-electron chi connectivity index (χ3n) is 9.21. The summed E-state index contributed by atoms with van der Waals surface area (Å²) in [5, 5.41) is 13.6. The lowest BCUT2D eigenvalue weighted by atomic mass is 9.52. The van der Waals surface area contributed by atoms with Gasteiger partial charge in [0.2, 0.25) is 0 Å². The summed E-state index contributed by atoms with van der Waals surface area (Å²) in [6.45, 7) is 12.1. The zero-order chi connectivity index (χ0) is 25.8. The molecular formula is C28H41ClN2O4. The average molecular weight is 505 g/mol. The topological polar surface area (TPSA) is 78.9 Å². The molecule has 1 heterocycles. The Bertz CT molecular complexity index is 995. The molecule has 0 aromatic heterocycles. The number of aliphatic carboxylic acids is 1. The maximum atomic E-state index is 13.5. The number of aryl methyl sites for hydroxylation is 1. The highest BCUT2D eigenvalue weighted by molar-refractivity contribution is 6.31. The summed E-state index contributed by atoms with van der Waals surface area (Å²) < 4.78 is 5.48. The minimum absolute atomic E-state index is 0.0819. The Morgan fingerprint density at radius 1 is 1.26 bits per heavy atom. The van der Waals surface area contributed by atoms with E-state index in [-0.39, 0.29) is 34.2 Å². The highest BCUT2D eigenvalue weighted by Gasteiger charge is 2.63. The number of rotatable bonds is 8. The predicted molar refractivity (Wildman–Crippen MR) is 138 cm³/mol. The molecule has 1 unspecified atom stereocenters. The van der Waals surface area contributed by atoms with Crippen molar-refractivity contribution in [3.05, 3.63) is 34.3 Å². The summed E-state index contributed by atoms with van der Waals surface area (Å²) in [6.07, 6.45) is 5.04. The van der Waals surface area contributed by atoms with Gasteiger partial charge < -0.3 is 20.1 Å². The molecule has 4 rings (SSSR count). The van der Waals surface area contributed by atoms with E-state index in [9.17, 15) is 14.7 Å². The van der Waals surface area contributed by atoms with Crippen molar-refractivity contribution in [3.63, 3.8) is 0 Å². The van der Waals surface area contributed by atoms with Gasteiger partial charge in [-0.2, -0.15) is 0 Å². The summed E-state index contributed by atoms with van der Waals surface area (Å²) in [4.78, 5) is 27.1. The van der Waals surface area contributed by atoms with Crippen LogP contribution in [0.4, 0.5) is 4.79 Å². The molecule has 2 amide bonds. The average Bonchev–Trinajstić information content (AvgIpc) is 3.48. The van der Waals surface area contributed by atoms with Crippen LogP contribution < -0.4 is 5.32 Å². The molecular weight excluding hydrogens is 464 g/mol. The first-order valence-corrected chi connectivity index (χ1v) is 13.2. The molecule has 1 aromatic rings. The molecule has 35 heavy (non-hydrogen) atoms. The Morgan fingerprint density at radius 2 is 1.91 bits per heavy atom. The van der Waals surface area contributed by atoms with E-state index in [0.29, 0.717) is 26.0 Å². The van der Waals surface area contributed by atoms with Crippen molar-refractivity contribution in [2.75, 3.05) is 20.3 Å². The van der Waals surface area contributed by atoms with Crippen LogP contribution in [0.25, 0.3) is 0 Å². The zero-order valence-corrected chi connectivity index (χ0v) is 22.8. The largest absolute Gasteiger partial charge is 0.481 e. The molecule has 0 bridgehead atoms. The van der Waals surface area contributed by atoms with E-state index < -0.39 is 11.5 Å². The number of carbonyl (C=O) groups excluding carboxylic acids is 1. The predicted octanol–water partition coefficient (Wildman–Crippen LogP) is 5.86. The second kappa shape index (κ2) is 8.95. The van der Waals surface area contributed by atoms with Crippen LogP contribution in [0.15, 0.2) is 18.2 Å². The number of hydrogen-bond acceptors (Lipinski definition) is 3. The highest BCUT2D eigenvalue weighted by atomic mass is 35.5. The molecule has 194 valence electrons. The third kappa shape index (κ3) is 4.69. The van der Waals surface area contributed by atoms with E-state index >= 15 is 0 Å². The van der Waals surface area contributed by atoms with Gasteiger partial charge in [-0.25, -0.2) is 4.79 Å². The Hall–Kier alpha value is -1.79. The maximum Gasteiger partial charge on any atom is 0.318 e. The molecule has 3 aliphatic rings. The van der Waals surface area contributed by atoms with E-state index in [4.69, 9.17) is 16.3 Å². The number of carboxylic acid groups (broad SMARTS) is 1. The van der Waals surface area contributed by atoms with Crippen LogP contribution in [0.5, 0.6) is 0 Å². The van der Waals surface area contributed by atoms with Crippen molar-refractivity contribution >= 4 is 23.6 Å². The molecule has 2 saturated carbocycles. The van der Waals surface area contributed by atoms with Crippen molar-refractivity contribution < 1.29 is 19.4 Å². The van der Waals surface area contributed by atoms with Crippen LogP contribution in [0.3, 0.4) is 0 Å². The quantitative estimate of drug-likeness (QED) is 0.465. The first kappa shape index (κ1) is 26.3. The molecule has 0 spiro atoms. The number of benzene rings is 1. The lowest BCUT2D eigenvalue weighted by Gasteiger charge is -2.61. The van der Waals surface area contributed by atoms with Gasteiger partial charge in [-0.1, -0.05) is 51.4 Å². The number of methoxy groups -OCH3 is 1. The van der Waals surface area contributed by atoms with Crippen LogP contribution in [-0.2, 0) is 21.5 Å². The summed E-state index contributed by atoms with van der Waals surface area (Å²) in [5.41, 5.74) is 1.01. The number of ether oxygens (including phenoxy) is 1. The van der Waals surface area contributed by atoms with E-state index in [2.05, 4.69) is 52.1 Å². The van der Waals surface area contributed by atoms with Crippen molar-refractivity contribution in [2.45, 2.75) is 84.2 Å². The minimum atomic E-state index is -0.729. The molecule has 1 saturated heterocycles. The number of halogens is 1. The van der Waals surface area contributed by atoms with Crippen LogP contribution in [-0.4, -0.2) is 47.8 Å². The molecule has 1 aliphatic heterocycles. The third-order valence-corrected chi connectivity index (χ3v) is 9.56. The van der Waals surface area contributed by atoms with Gasteiger partial charge in [-0.3, -0.25) is 4.79 Å². The van der Waals surface area contributed by atoms with Gasteiger partial charge in [0.25, 0.3) is 0 Å². The van der Waals surface area contributed by atoms with E-state index in [1.165, 1.54) is 0 Å². The fourth-order valence-electron chi connectivity index (χ4n) is 6.12. The molecule has 6 nitrogen and oxygen atoms in total. The SMILES string of the molecule is COCC1(N2CC(C)(C3CC(C(=O)O)C3)[C@](C)(c3ccc(CCC(C)(C)C)c(Cl)c3)NC2=O)CC1. The number of carboxylic acids is 1. The lowest BCUT2D eigenvalue weighted by molar-refractivity contribution is -0.152. The highest BCUT2D eigenvalue weighted by Crippen LogP contribution is 2.58. The normalized spacial score (nSPS) is 32.1. The fraction of sp³-hybridized carbons (Fsp3) is 0.714. The van der Waals surface area contributed by atoms with Crippen LogP contribution in [0.1, 0.15) is 77.8 Å². The number of carbonyl (C=O) groups is 2. The van der Waals surface area contributed by atoms with E-state index in [1.807, 2.05) is 11.0 Å². The minimum Gasteiger partial charge on any atom is -0.481 e. The van der Waals surface area contributed by atoms with Crippen LogP contribution in [0.2, 0.25) is 5.02 Å². The van der Waals surface area contributed by atoms with Gasteiger partial charge in [0.1, 0.15) is 0 Å². The summed E-state index contributed by atoms with van der Waals surface area (Å²) in [7, 11) is 1.68. The molecule has 1 aromatic carbocycles. The number of urea groups is 1. The zero-order valence-electron chi connectivity index (χ0n) is 22.0. The van der Waals surface area contributed by atoms with Crippen molar-refractivity contribution in [3.8, 4) is 0 Å². The molecule has 2 aliphatic carbocycles. The van der Waals surface area contributed by atoms with Gasteiger partial charge in [-0.15, -0.1) is 0 Å². The van der Waals surface area contributed by atoms with Gasteiger partial charge in [0.15, 0.2) is 0 Å². The molecule has 2 atom stereocenters. The summed E-state index contributed by atoms with van der Waals surface area (Å²) >= 11 is 6.80. The first-order chi connectivity index (χ1) is 16.2. The first-order valence-electron chi connectivity index (χ1n) is 12.9. The monoisotopic (exact) mass is 504 g/mol. The summed E-state index contributed by atoms with van der Waals surface area (Å²) in [6, 6.07) is 6.14. The smallest absolute Gasteiger partial charge is 0.318 e. The Kier molecular flexibility index (Phi) is 6.72. The number of amides is 2. The van der Waals surface area contributed by atoms with Gasteiger partial charge in [0.05, 0.1) is 23.6 Å². The number of nitrogens with one attached hydrogen (secondary N) is 1. The van der Waals surface area contributed by atoms with E-state index in [0.717, 1.165) is 41.8 Å². The van der Waals surface area contributed by atoms with Crippen molar-refractivity contribution in [1.82, 2.24) is 10.2 Å². The second-order valence-corrected chi connectivity index (χ2v) is 13.2. The molecule has 3 fully saturated rings. The Labute approximate surface area is 214 Å². The van der Waals surface area contributed by atoms with Gasteiger partial charge in [0, 0.05) is 24.1 Å². The molecule has 0 radical (unpaired) electrons. The van der Waals surface area contributed by atoms with Gasteiger partial charge >= 0.3 is 12.0 Å². The van der Waals surface area contributed by atoms with E-state index in [1.54, 1.807) is 7.11 Å². The fourth-order valence-corrected chi connectivity index (χ4v) is 6.40. The number of hydrogen-bond donors (Lipinski definition) is 2. The van der Waals surface area contributed by atoms with Gasteiger partial charge in [-0.05, 0) is 74.0 Å². The molecule has 2 N–H and O–H groups in total. The standard InChI is InChI=1S/C28H41ClN2O4/c1-25(2,3)10-9-18-7-8-20(15-22(18)29)27(5)26(4,21-13-19(14-21)23(32)33)16-31(24(34)30-27)28(11-12-28)17-35-6/h7-8,15,19,21H,9-14,16-17H2,1-6H3,(H,30,34)(H,32,33)/t19?,21?,26?,27-/m0/s1. The summed E-state index contributed by atoms with van der Waals surface area (Å²) in [5.74, 6) is -0.869. The lowest BCUT2D eigenvalue weighted by Crippen LogP contribution is -2.72. The maximum absolute atomic E-state index is 13.5.